The van der Waals surface area contributed by atoms with Crippen LogP contribution < -0.4 is 4.90 Å². The molecule has 0 bridgehead atoms. The van der Waals surface area contributed by atoms with Crippen molar-refractivity contribution < 1.29 is 22.9 Å². The number of nitrogens with zero attached hydrogens (tertiary/aromatic N) is 3. The molecule has 1 heterocycles. The summed E-state index contributed by atoms with van der Waals surface area (Å²) >= 11 is 5.72. The van der Waals surface area contributed by atoms with Gasteiger partial charge in [0.05, 0.1) is 15.5 Å². The van der Waals surface area contributed by atoms with Crippen molar-refractivity contribution in [1.82, 2.24) is 4.90 Å². The molecule has 144 valence electrons. The van der Waals surface area contributed by atoms with E-state index in [0.717, 1.165) is 6.07 Å². The number of anilines is 1. The zero-order chi connectivity index (χ0) is 19.9. The molecule has 26 heavy (non-hydrogen) atoms. The van der Waals surface area contributed by atoms with E-state index >= 15 is 0 Å². The van der Waals surface area contributed by atoms with Crippen molar-refractivity contribution in [3.8, 4) is 0 Å². The van der Waals surface area contributed by atoms with Gasteiger partial charge in [-0.25, -0.2) is 0 Å². The van der Waals surface area contributed by atoms with Crippen molar-refractivity contribution in [3.05, 3.63) is 32.8 Å². The number of nitro benzene ring substituents is 1. The second-order valence-electron chi connectivity index (χ2n) is 7.10. The fourth-order valence-electron chi connectivity index (χ4n) is 2.79. The molecule has 1 fully saturated rings. The number of hydrogen-bond donors (Lipinski definition) is 0. The topological polar surface area (TPSA) is 66.7 Å². The second-order valence-corrected chi connectivity index (χ2v) is 7.51. The van der Waals surface area contributed by atoms with Gasteiger partial charge in [-0.2, -0.15) is 13.2 Å². The van der Waals surface area contributed by atoms with E-state index in [4.69, 9.17) is 11.6 Å². The summed E-state index contributed by atoms with van der Waals surface area (Å²) in [5.41, 5.74) is -2.42. The van der Waals surface area contributed by atoms with Gasteiger partial charge in [0.1, 0.15) is 5.69 Å². The van der Waals surface area contributed by atoms with Gasteiger partial charge >= 0.3 is 6.18 Å². The van der Waals surface area contributed by atoms with Crippen LogP contribution in [0.25, 0.3) is 0 Å². The van der Waals surface area contributed by atoms with E-state index in [-0.39, 0.29) is 24.7 Å². The summed E-state index contributed by atoms with van der Waals surface area (Å²) in [5.74, 6) is -0.0444. The van der Waals surface area contributed by atoms with Gasteiger partial charge in [0.2, 0.25) is 5.91 Å². The average Bonchev–Trinajstić information content (AvgIpc) is 2.51. The first-order valence-corrected chi connectivity index (χ1v) is 8.29. The minimum absolute atomic E-state index is 0.0239. The van der Waals surface area contributed by atoms with Gasteiger partial charge in [-0.05, 0) is 6.07 Å². The van der Waals surface area contributed by atoms with Crippen molar-refractivity contribution >= 4 is 28.9 Å². The number of carbonyl (C=O) groups excluding carboxylic acids is 1. The number of amides is 1. The predicted molar refractivity (Wildman–Crippen MR) is 91.4 cm³/mol. The van der Waals surface area contributed by atoms with Crippen molar-refractivity contribution in [2.75, 3.05) is 31.1 Å². The Hall–Kier alpha value is -2.03. The lowest BCUT2D eigenvalue weighted by Gasteiger charge is -2.38. The van der Waals surface area contributed by atoms with Crippen LogP contribution in [0.4, 0.5) is 24.5 Å². The lowest BCUT2D eigenvalue weighted by atomic mass is 9.94. The Kier molecular flexibility index (Phi) is 5.41. The molecule has 6 nitrogen and oxygen atoms in total. The van der Waals surface area contributed by atoms with E-state index in [0.29, 0.717) is 19.2 Å². The summed E-state index contributed by atoms with van der Waals surface area (Å²) < 4.78 is 38.9. The Labute approximate surface area is 153 Å². The van der Waals surface area contributed by atoms with Gasteiger partial charge in [0, 0.05) is 37.7 Å². The summed E-state index contributed by atoms with van der Waals surface area (Å²) in [6, 6.07) is 1.44. The highest BCUT2D eigenvalue weighted by molar-refractivity contribution is 6.31. The number of rotatable bonds is 2. The predicted octanol–water partition coefficient (Wildman–Crippen LogP) is 3.96. The molecule has 1 amide bonds. The normalized spacial score (nSPS) is 16.0. The number of nitro groups is 1. The molecule has 1 saturated heterocycles. The molecule has 0 atom stereocenters. The summed E-state index contributed by atoms with van der Waals surface area (Å²) in [7, 11) is 0. The molecule has 0 radical (unpaired) electrons. The van der Waals surface area contributed by atoms with Crippen molar-refractivity contribution in [2.24, 2.45) is 5.41 Å². The standard InChI is InChI=1S/C16H19ClF3N3O3/c1-15(2,3)14(24)22-6-4-21(5-7-22)12-9-11(17)10(16(18,19)20)8-13(12)23(25)26/h8-9H,4-7H2,1-3H3. The molecule has 0 spiro atoms. The van der Waals surface area contributed by atoms with Gasteiger partial charge in [-0.3, -0.25) is 14.9 Å². The molecular weight excluding hydrogens is 375 g/mol. The monoisotopic (exact) mass is 393 g/mol. The molecule has 0 aliphatic carbocycles. The van der Waals surface area contributed by atoms with Gasteiger partial charge in [0.25, 0.3) is 5.69 Å². The molecule has 1 aromatic rings. The molecule has 0 saturated carbocycles. The minimum atomic E-state index is -4.78. The highest BCUT2D eigenvalue weighted by atomic mass is 35.5. The van der Waals surface area contributed by atoms with Crippen LogP contribution in [-0.4, -0.2) is 41.9 Å². The van der Waals surface area contributed by atoms with Gasteiger partial charge in [0.15, 0.2) is 0 Å². The SMILES string of the molecule is CC(C)(C)C(=O)N1CCN(c2cc(Cl)c(C(F)(F)F)cc2[N+](=O)[O-])CC1. The molecule has 10 heteroatoms. The van der Waals surface area contributed by atoms with Crippen molar-refractivity contribution in [2.45, 2.75) is 26.9 Å². The third kappa shape index (κ3) is 4.20. The quantitative estimate of drug-likeness (QED) is 0.563. The van der Waals surface area contributed by atoms with Crippen LogP contribution in [0.2, 0.25) is 5.02 Å². The number of halogens is 4. The van der Waals surface area contributed by atoms with E-state index < -0.39 is 32.8 Å². The lowest BCUT2D eigenvalue weighted by Crippen LogP contribution is -2.51. The van der Waals surface area contributed by atoms with Crippen LogP contribution in [0.5, 0.6) is 0 Å². The van der Waals surface area contributed by atoms with Crippen molar-refractivity contribution in [3.63, 3.8) is 0 Å². The summed E-state index contributed by atoms with van der Waals surface area (Å²) in [5, 5.41) is 10.7. The zero-order valence-corrected chi connectivity index (χ0v) is 15.3. The highest BCUT2D eigenvalue weighted by Gasteiger charge is 2.37. The van der Waals surface area contributed by atoms with E-state index in [1.54, 1.807) is 30.6 Å². The maximum atomic E-state index is 13.0. The number of carbonyl (C=O) groups is 1. The van der Waals surface area contributed by atoms with Crippen LogP contribution in [0, 0.1) is 15.5 Å². The fourth-order valence-corrected chi connectivity index (χ4v) is 3.06. The largest absolute Gasteiger partial charge is 0.418 e. The Morgan fingerprint density at radius 1 is 1.15 bits per heavy atom. The molecule has 0 unspecified atom stereocenters. The van der Waals surface area contributed by atoms with Crippen LogP contribution in [-0.2, 0) is 11.0 Å². The second kappa shape index (κ2) is 6.94. The number of piperazine rings is 1. The molecule has 1 aliphatic heterocycles. The Bertz CT molecular complexity index is 724. The molecule has 1 aliphatic rings. The van der Waals surface area contributed by atoms with Crippen LogP contribution in [0.15, 0.2) is 12.1 Å². The zero-order valence-electron chi connectivity index (χ0n) is 14.6. The number of benzene rings is 1. The van der Waals surface area contributed by atoms with E-state index in [1.807, 2.05) is 0 Å². The van der Waals surface area contributed by atoms with Gasteiger partial charge in [-0.1, -0.05) is 32.4 Å². The molecule has 2 rings (SSSR count). The smallest absolute Gasteiger partial charge is 0.362 e. The Balaban J connectivity index is 2.29. The van der Waals surface area contributed by atoms with Crippen LogP contribution in [0.3, 0.4) is 0 Å². The maximum absolute atomic E-state index is 13.0. The summed E-state index contributed by atoms with van der Waals surface area (Å²) in [4.78, 5) is 25.9. The van der Waals surface area contributed by atoms with Crippen molar-refractivity contribution in [1.29, 1.82) is 0 Å². The third-order valence-electron chi connectivity index (χ3n) is 4.12. The van der Waals surface area contributed by atoms with Gasteiger partial charge < -0.3 is 9.80 Å². The fraction of sp³-hybridized carbons (Fsp3) is 0.562. The minimum Gasteiger partial charge on any atom is -0.362 e. The summed E-state index contributed by atoms with van der Waals surface area (Å²) in [6.07, 6.45) is -4.78. The Morgan fingerprint density at radius 3 is 2.12 bits per heavy atom. The van der Waals surface area contributed by atoms with E-state index in [2.05, 4.69) is 0 Å². The first kappa shape index (κ1) is 20.3. The van der Waals surface area contributed by atoms with E-state index in [9.17, 15) is 28.1 Å². The van der Waals surface area contributed by atoms with Crippen LogP contribution in [0.1, 0.15) is 26.3 Å². The maximum Gasteiger partial charge on any atom is 0.418 e. The van der Waals surface area contributed by atoms with Gasteiger partial charge in [-0.15, -0.1) is 0 Å². The highest BCUT2D eigenvalue weighted by Crippen LogP contribution is 2.41. The summed E-state index contributed by atoms with van der Waals surface area (Å²) in [6.45, 7) is 6.57. The number of alkyl halides is 3. The molecule has 1 aromatic carbocycles. The number of hydrogen-bond acceptors (Lipinski definition) is 4. The molecule has 0 aromatic heterocycles. The first-order valence-electron chi connectivity index (χ1n) is 7.92. The molecule has 0 N–H and O–H groups in total. The molecular formula is C16H19ClF3N3O3. The van der Waals surface area contributed by atoms with Crippen LogP contribution >= 0.6 is 11.6 Å². The first-order chi connectivity index (χ1) is 11.8. The average molecular weight is 394 g/mol. The Morgan fingerprint density at radius 2 is 1.69 bits per heavy atom. The van der Waals surface area contributed by atoms with E-state index in [1.165, 1.54) is 0 Å². The lowest BCUT2D eigenvalue weighted by molar-refractivity contribution is -0.384. The third-order valence-corrected chi connectivity index (χ3v) is 4.43.